The second-order valence-corrected chi connectivity index (χ2v) is 5.54. The maximum atomic E-state index is 9.39. The molecule has 1 aliphatic carbocycles. The molecular formula is C16H25NO. The summed E-state index contributed by atoms with van der Waals surface area (Å²) in [5.74, 6) is 1.18. The van der Waals surface area contributed by atoms with E-state index in [0.717, 1.165) is 13.1 Å². The molecule has 0 heterocycles. The van der Waals surface area contributed by atoms with Crippen molar-refractivity contribution in [1.82, 2.24) is 5.32 Å². The fourth-order valence-electron chi connectivity index (χ4n) is 2.99. The summed E-state index contributed by atoms with van der Waals surface area (Å²) in [4.78, 5) is 0. The van der Waals surface area contributed by atoms with Gasteiger partial charge in [0.15, 0.2) is 0 Å². The molecular weight excluding hydrogens is 222 g/mol. The third kappa shape index (κ3) is 3.56. The molecule has 2 N–H and O–H groups in total. The van der Waals surface area contributed by atoms with Crippen molar-refractivity contribution in [2.24, 2.45) is 11.8 Å². The Balaban J connectivity index is 1.79. The zero-order valence-corrected chi connectivity index (χ0v) is 11.4. The minimum absolute atomic E-state index is 0.358. The molecule has 0 amide bonds. The fraction of sp³-hybridized carbons (Fsp3) is 0.625. The van der Waals surface area contributed by atoms with Crippen molar-refractivity contribution in [2.45, 2.75) is 39.2 Å². The Labute approximate surface area is 110 Å². The number of aliphatic hydroxyl groups excluding tert-OH is 1. The van der Waals surface area contributed by atoms with Crippen LogP contribution in [0.4, 0.5) is 0 Å². The lowest BCUT2D eigenvalue weighted by Crippen LogP contribution is -2.32. The number of nitrogens with one attached hydrogen (secondary N) is 1. The minimum Gasteiger partial charge on any atom is -0.396 e. The summed E-state index contributed by atoms with van der Waals surface area (Å²) in [5, 5.41) is 13.0. The second kappa shape index (κ2) is 6.91. The van der Waals surface area contributed by atoms with Crippen LogP contribution in [0.15, 0.2) is 24.3 Å². The van der Waals surface area contributed by atoms with E-state index in [0.29, 0.717) is 18.4 Å². The highest BCUT2D eigenvalue weighted by Crippen LogP contribution is 2.29. The van der Waals surface area contributed by atoms with Crippen molar-refractivity contribution in [1.29, 1.82) is 0 Å². The Hall–Kier alpha value is -0.860. The molecule has 1 aliphatic rings. The minimum atomic E-state index is 0.358. The summed E-state index contributed by atoms with van der Waals surface area (Å²) >= 11 is 0. The molecule has 100 valence electrons. The van der Waals surface area contributed by atoms with Crippen LogP contribution >= 0.6 is 0 Å². The number of rotatable bonds is 5. The summed E-state index contributed by atoms with van der Waals surface area (Å²) < 4.78 is 0. The first-order chi connectivity index (χ1) is 8.81. The van der Waals surface area contributed by atoms with Gasteiger partial charge in [-0.25, -0.2) is 0 Å². The van der Waals surface area contributed by atoms with Crippen molar-refractivity contribution in [3.63, 3.8) is 0 Å². The molecule has 0 bridgehead atoms. The summed E-state index contributed by atoms with van der Waals surface area (Å²) in [6, 6.07) is 8.53. The monoisotopic (exact) mass is 247 g/mol. The van der Waals surface area contributed by atoms with Gasteiger partial charge >= 0.3 is 0 Å². The summed E-state index contributed by atoms with van der Waals surface area (Å²) in [7, 11) is 0. The largest absolute Gasteiger partial charge is 0.396 e. The third-order valence-corrected chi connectivity index (χ3v) is 4.28. The third-order valence-electron chi connectivity index (χ3n) is 4.28. The van der Waals surface area contributed by atoms with Gasteiger partial charge in [-0.15, -0.1) is 0 Å². The van der Waals surface area contributed by atoms with Crippen LogP contribution in [0.1, 0.15) is 36.8 Å². The highest BCUT2D eigenvalue weighted by molar-refractivity contribution is 5.25. The lowest BCUT2D eigenvalue weighted by Gasteiger charge is -2.30. The van der Waals surface area contributed by atoms with Crippen molar-refractivity contribution < 1.29 is 5.11 Å². The summed E-state index contributed by atoms with van der Waals surface area (Å²) in [5.41, 5.74) is 2.74. The van der Waals surface area contributed by atoms with Crippen LogP contribution < -0.4 is 5.32 Å². The molecule has 0 saturated heterocycles. The average molecular weight is 247 g/mol. The highest BCUT2D eigenvalue weighted by Gasteiger charge is 2.23. The molecule has 1 fully saturated rings. The van der Waals surface area contributed by atoms with E-state index in [4.69, 9.17) is 0 Å². The number of aliphatic hydroxyl groups is 1. The second-order valence-electron chi connectivity index (χ2n) is 5.54. The molecule has 2 heteroatoms. The SMILES string of the molecule is Cc1ccccc1CNCC1CCCCC1CO. The Kier molecular flexibility index (Phi) is 5.21. The average Bonchev–Trinajstić information content (AvgIpc) is 2.41. The van der Waals surface area contributed by atoms with Crippen LogP contribution in [0, 0.1) is 18.8 Å². The maximum Gasteiger partial charge on any atom is 0.0462 e. The molecule has 0 aliphatic heterocycles. The first kappa shape index (κ1) is 13.6. The molecule has 2 atom stereocenters. The van der Waals surface area contributed by atoms with Gasteiger partial charge in [0.1, 0.15) is 0 Å². The van der Waals surface area contributed by atoms with Gasteiger partial charge in [0.05, 0.1) is 0 Å². The van der Waals surface area contributed by atoms with E-state index in [1.54, 1.807) is 0 Å². The molecule has 0 radical (unpaired) electrons. The van der Waals surface area contributed by atoms with Crippen LogP contribution in [0.2, 0.25) is 0 Å². The number of hydrogen-bond donors (Lipinski definition) is 2. The Morgan fingerprint density at radius 2 is 1.89 bits per heavy atom. The maximum absolute atomic E-state index is 9.39. The van der Waals surface area contributed by atoms with Crippen molar-refractivity contribution in [3.05, 3.63) is 35.4 Å². The quantitative estimate of drug-likeness (QED) is 0.838. The number of hydrogen-bond acceptors (Lipinski definition) is 2. The van der Waals surface area contributed by atoms with E-state index in [9.17, 15) is 5.11 Å². The molecule has 2 rings (SSSR count). The lowest BCUT2D eigenvalue weighted by atomic mass is 9.79. The van der Waals surface area contributed by atoms with Gasteiger partial charge in [0, 0.05) is 13.2 Å². The van der Waals surface area contributed by atoms with Crippen LogP contribution in [-0.2, 0) is 6.54 Å². The van der Waals surface area contributed by atoms with E-state index in [1.165, 1.54) is 36.8 Å². The van der Waals surface area contributed by atoms with Gasteiger partial charge < -0.3 is 10.4 Å². The van der Waals surface area contributed by atoms with Gasteiger partial charge in [-0.3, -0.25) is 0 Å². The number of benzene rings is 1. The standard InChI is InChI=1S/C16H25NO/c1-13-6-2-3-7-14(13)10-17-11-15-8-4-5-9-16(15)12-18/h2-3,6-7,15-18H,4-5,8-12H2,1H3. The summed E-state index contributed by atoms with van der Waals surface area (Å²) in [6.45, 7) is 4.51. The molecule has 1 saturated carbocycles. The van der Waals surface area contributed by atoms with Crippen LogP contribution in [0.3, 0.4) is 0 Å². The molecule has 0 aromatic heterocycles. The summed E-state index contributed by atoms with van der Waals surface area (Å²) in [6.07, 6.45) is 5.09. The molecule has 2 unspecified atom stereocenters. The normalized spacial score (nSPS) is 24.1. The number of aryl methyl sites for hydroxylation is 1. The van der Waals surface area contributed by atoms with Gasteiger partial charge in [-0.05, 0) is 49.3 Å². The molecule has 18 heavy (non-hydrogen) atoms. The predicted molar refractivity (Wildman–Crippen MR) is 75.4 cm³/mol. The topological polar surface area (TPSA) is 32.3 Å². The predicted octanol–water partition coefficient (Wildman–Crippen LogP) is 2.88. The van der Waals surface area contributed by atoms with Crippen molar-refractivity contribution in [3.8, 4) is 0 Å². The molecule has 0 spiro atoms. The lowest BCUT2D eigenvalue weighted by molar-refractivity contribution is 0.133. The first-order valence-electron chi connectivity index (χ1n) is 7.17. The van der Waals surface area contributed by atoms with Gasteiger partial charge in [-0.2, -0.15) is 0 Å². The van der Waals surface area contributed by atoms with Crippen LogP contribution in [0.5, 0.6) is 0 Å². The van der Waals surface area contributed by atoms with Crippen LogP contribution in [0.25, 0.3) is 0 Å². The van der Waals surface area contributed by atoms with Crippen LogP contribution in [-0.4, -0.2) is 18.3 Å². The van der Waals surface area contributed by atoms with Gasteiger partial charge in [-0.1, -0.05) is 37.1 Å². The fourth-order valence-corrected chi connectivity index (χ4v) is 2.99. The first-order valence-corrected chi connectivity index (χ1v) is 7.17. The highest BCUT2D eigenvalue weighted by atomic mass is 16.3. The smallest absolute Gasteiger partial charge is 0.0462 e. The van der Waals surface area contributed by atoms with Gasteiger partial charge in [0.25, 0.3) is 0 Å². The molecule has 1 aromatic rings. The Bertz CT molecular complexity index is 364. The molecule has 2 nitrogen and oxygen atoms in total. The van der Waals surface area contributed by atoms with Gasteiger partial charge in [0.2, 0.25) is 0 Å². The van der Waals surface area contributed by atoms with Crippen molar-refractivity contribution >= 4 is 0 Å². The Morgan fingerprint density at radius 1 is 1.17 bits per heavy atom. The zero-order valence-electron chi connectivity index (χ0n) is 11.4. The van der Waals surface area contributed by atoms with E-state index in [1.807, 2.05) is 0 Å². The van der Waals surface area contributed by atoms with E-state index >= 15 is 0 Å². The molecule has 1 aromatic carbocycles. The van der Waals surface area contributed by atoms with E-state index in [-0.39, 0.29) is 0 Å². The van der Waals surface area contributed by atoms with Crippen molar-refractivity contribution in [2.75, 3.05) is 13.2 Å². The Morgan fingerprint density at radius 3 is 2.61 bits per heavy atom. The van der Waals surface area contributed by atoms with E-state index in [2.05, 4.69) is 36.5 Å². The zero-order chi connectivity index (χ0) is 12.8. The van der Waals surface area contributed by atoms with E-state index < -0.39 is 0 Å².